The number of likely N-dealkylation sites (tertiary alicyclic amines) is 1. The van der Waals surface area contributed by atoms with E-state index in [1.807, 2.05) is 50.1 Å². The molecule has 2 heterocycles. The molecule has 1 saturated heterocycles. The number of hydrogen-bond donors (Lipinski definition) is 1. The molecular formula is C20H27N3O2S. The number of carbonyl (C=O) groups excluding carboxylic acids is 1. The topological polar surface area (TPSA) is 54.5 Å². The lowest BCUT2D eigenvalue weighted by molar-refractivity contribution is 0.0678. The Morgan fingerprint density at radius 3 is 2.85 bits per heavy atom. The van der Waals surface area contributed by atoms with E-state index in [0.717, 1.165) is 52.9 Å². The minimum atomic E-state index is 0.123. The van der Waals surface area contributed by atoms with Crippen LogP contribution in [-0.4, -0.2) is 49.1 Å². The van der Waals surface area contributed by atoms with Crippen molar-refractivity contribution >= 4 is 17.2 Å². The Labute approximate surface area is 159 Å². The van der Waals surface area contributed by atoms with Gasteiger partial charge >= 0.3 is 0 Å². The minimum Gasteiger partial charge on any atom is -0.494 e. The number of carbonyl (C=O) groups is 1. The maximum atomic E-state index is 13.0. The zero-order chi connectivity index (χ0) is 18.5. The van der Waals surface area contributed by atoms with Crippen LogP contribution >= 0.6 is 11.3 Å². The lowest BCUT2D eigenvalue weighted by atomic mass is 9.98. The van der Waals surface area contributed by atoms with Crippen molar-refractivity contribution in [1.82, 2.24) is 15.2 Å². The number of thiazole rings is 1. The van der Waals surface area contributed by atoms with Crippen LogP contribution in [0.1, 0.15) is 35.1 Å². The van der Waals surface area contributed by atoms with Crippen molar-refractivity contribution in [1.29, 1.82) is 0 Å². The van der Waals surface area contributed by atoms with E-state index in [2.05, 4.69) is 10.3 Å². The number of nitrogens with one attached hydrogen (secondary N) is 1. The fourth-order valence-corrected chi connectivity index (χ4v) is 4.47. The molecule has 1 aliphatic rings. The molecule has 1 aromatic heterocycles. The molecule has 1 fully saturated rings. The van der Waals surface area contributed by atoms with Crippen LogP contribution in [-0.2, 0) is 0 Å². The van der Waals surface area contributed by atoms with Crippen LogP contribution < -0.4 is 10.1 Å². The summed E-state index contributed by atoms with van der Waals surface area (Å²) in [7, 11) is 1.97. The summed E-state index contributed by atoms with van der Waals surface area (Å²) in [5, 5.41) is 4.12. The third kappa shape index (κ3) is 4.24. The Morgan fingerprint density at radius 2 is 2.15 bits per heavy atom. The van der Waals surface area contributed by atoms with Gasteiger partial charge in [0.15, 0.2) is 0 Å². The maximum absolute atomic E-state index is 13.0. The summed E-state index contributed by atoms with van der Waals surface area (Å²) < 4.78 is 5.49. The molecule has 140 valence electrons. The van der Waals surface area contributed by atoms with Gasteiger partial charge in [0.2, 0.25) is 0 Å². The second-order valence-electron chi connectivity index (χ2n) is 6.71. The molecule has 6 heteroatoms. The Morgan fingerprint density at radius 1 is 1.38 bits per heavy atom. The van der Waals surface area contributed by atoms with Crippen LogP contribution in [0.5, 0.6) is 5.75 Å². The van der Waals surface area contributed by atoms with Crippen LogP contribution in [0, 0.1) is 12.8 Å². The SMILES string of the molecule is CCOc1ccc(-c2nc(C)c(C(=O)N3CCCC(CNC)C3)s2)cc1. The Bertz CT molecular complexity index is 740. The van der Waals surface area contributed by atoms with Crippen LogP contribution in [0.4, 0.5) is 0 Å². The zero-order valence-electron chi connectivity index (χ0n) is 15.7. The molecule has 1 aromatic carbocycles. The molecule has 1 atom stereocenters. The van der Waals surface area contributed by atoms with E-state index in [-0.39, 0.29) is 5.91 Å². The molecule has 1 N–H and O–H groups in total. The van der Waals surface area contributed by atoms with Gasteiger partial charge in [-0.3, -0.25) is 4.79 Å². The summed E-state index contributed by atoms with van der Waals surface area (Å²) in [6.07, 6.45) is 2.26. The summed E-state index contributed by atoms with van der Waals surface area (Å²) in [5.41, 5.74) is 1.84. The van der Waals surface area contributed by atoms with Crippen molar-refractivity contribution in [2.24, 2.45) is 5.92 Å². The van der Waals surface area contributed by atoms with Crippen LogP contribution in [0.3, 0.4) is 0 Å². The second-order valence-corrected chi connectivity index (χ2v) is 7.71. The Kier molecular flexibility index (Phi) is 6.27. The second kappa shape index (κ2) is 8.64. The summed E-state index contributed by atoms with van der Waals surface area (Å²) in [6, 6.07) is 7.90. The van der Waals surface area contributed by atoms with Gasteiger partial charge in [0.05, 0.1) is 12.3 Å². The van der Waals surface area contributed by atoms with E-state index in [1.165, 1.54) is 17.8 Å². The van der Waals surface area contributed by atoms with Gasteiger partial charge in [-0.1, -0.05) is 0 Å². The summed E-state index contributed by atoms with van der Waals surface area (Å²) in [5.74, 6) is 1.51. The molecule has 0 radical (unpaired) electrons. The molecule has 2 aromatic rings. The first-order valence-corrected chi connectivity index (χ1v) is 10.1. The van der Waals surface area contributed by atoms with Gasteiger partial charge in [-0.15, -0.1) is 11.3 Å². The number of aromatic nitrogens is 1. The minimum absolute atomic E-state index is 0.123. The van der Waals surface area contributed by atoms with Gasteiger partial charge in [0.25, 0.3) is 5.91 Å². The number of benzene rings is 1. The van der Waals surface area contributed by atoms with E-state index in [9.17, 15) is 4.79 Å². The smallest absolute Gasteiger partial charge is 0.265 e. The lowest BCUT2D eigenvalue weighted by Gasteiger charge is -2.32. The fourth-order valence-electron chi connectivity index (χ4n) is 3.43. The number of hydrogen-bond acceptors (Lipinski definition) is 5. The Hall–Kier alpha value is -1.92. The first-order chi connectivity index (χ1) is 12.6. The largest absolute Gasteiger partial charge is 0.494 e. The third-order valence-electron chi connectivity index (χ3n) is 4.70. The quantitative estimate of drug-likeness (QED) is 0.841. The van der Waals surface area contributed by atoms with E-state index >= 15 is 0 Å². The summed E-state index contributed by atoms with van der Waals surface area (Å²) in [4.78, 5) is 20.4. The molecule has 0 bridgehead atoms. The lowest BCUT2D eigenvalue weighted by Crippen LogP contribution is -2.42. The van der Waals surface area contributed by atoms with Gasteiger partial charge in [-0.25, -0.2) is 4.98 Å². The van der Waals surface area contributed by atoms with Crippen LogP contribution in [0.25, 0.3) is 10.6 Å². The van der Waals surface area contributed by atoms with Crippen molar-refractivity contribution in [3.63, 3.8) is 0 Å². The van der Waals surface area contributed by atoms with Gasteiger partial charge in [0.1, 0.15) is 15.6 Å². The zero-order valence-corrected chi connectivity index (χ0v) is 16.6. The highest BCUT2D eigenvalue weighted by atomic mass is 32.1. The van der Waals surface area contributed by atoms with E-state index < -0.39 is 0 Å². The van der Waals surface area contributed by atoms with Crippen LogP contribution in [0.15, 0.2) is 24.3 Å². The predicted octanol–water partition coefficient (Wildman–Crippen LogP) is 3.59. The molecule has 5 nitrogen and oxygen atoms in total. The highest BCUT2D eigenvalue weighted by Crippen LogP contribution is 2.31. The molecule has 26 heavy (non-hydrogen) atoms. The normalized spacial score (nSPS) is 17.3. The van der Waals surface area contributed by atoms with E-state index in [0.29, 0.717) is 12.5 Å². The molecule has 0 saturated carbocycles. The highest BCUT2D eigenvalue weighted by molar-refractivity contribution is 7.17. The predicted molar refractivity (Wildman–Crippen MR) is 106 cm³/mol. The van der Waals surface area contributed by atoms with Gasteiger partial charge in [0, 0.05) is 18.7 Å². The average molecular weight is 374 g/mol. The van der Waals surface area contributed by atoms with Gasteiger partial charge in [-0.2, -0.15) is 0 Å². The molecular weight excluding hydrogens is 346 g/mol. The molecule has 1 unspecified atom stereocenters. The first-order valence-electron chi connectivity index (χ1n) is 9.27. The highest BCUT2D eigenvalue weighted by Gasteiger charge is 2.27. The number of rotatable bonds is 6. The number of ether oxygens (including phenoxy) is 1. The monoisotopic (exact) mass is 373 g/mol. The fraction of sp³-hybridized carbons (Fsp3) is 0.500. The summed E-state index contributed by atoms with van der Waals surface area (Å²) in [6.45, 7) is 7.18. The number of amides is 1. The van der Waals surface area contributed by atoms with Crippen LogP contribution in [0.2, 0.25) is 0 Å². The third-order valence-corrected chi connectivity index (χ3v) is 5.90. The molecule has 1 amide bonds. The van der Waals surface area contributed by atoms with Crippen molar-refractivity contribution in [3.05, 3.63) is 34.8 Å². The first kappa shape index (κ1) is 18.9. The van der Waals surface area contributed by atoms with Crippen molar-refractivity contribution in [2.75, 3.05) is 33.3 Å². The van der Waals surface area contributed by atoms with Crippen molar-refractivity contribution in [3.8, 4) is 16.3 Å². The maximum Gasteiger partial charge on any atom is 0.265 e. The van der Waals surface area contributed by atoms with Crippen molar-refractivity contribution < 1.29 is 9.53 Å². The Balaban J connectivity index is 1.75. The average Bonchev–Trinajstić information content (AvgIpc) is 3.04. The standard InChI is InChI=1S/C20H27N3O2S/c1-4-25-17-9-7-16(8-10-17)19-22-14(2)18(26-19)20(24)23-11-5-6-15(13-23)12-21-3/h7-10,15,21H,4-6,11-13H2,1-3H3. The summed E-state index contributed by atoms with van der Waals surface area (Å²) >= 11 is 1.49. The number of nitrogens with zero attached hydrogens (tertiary/aromatic N) is 2. The molecule has 3 rings (SSSR count). The molecule has 0 aliphatic carbocycles. The number of aryl methyl sites for hydroxylation is 1. The number of piperidine rings is 1. The molecule has 1 aliphatic heterocycles. The van der Waals surface area contributed by atoms with Gasteiger partial charge in [-0.05, 0) is 70.5 Å². The van der Waals surface area contributed by atoms with Gasteiger partial charge < -0.3 is 15.0 Å². The van der Waals surface area contributed by atoms with Crippen molar-refractivity contribution in [2.45, 2.75) is 26.7 Å². The van der Waals surface area contributed by atoms with E-state index in [4.69, 9.17) is 4.74 Å². The molecule has 0 spiro atoms. The van der Waals surface area contributed by atoms with E-state index in [1.54, 1.807) is 0 Å².